The Labute approximate surface area is 207 Å². The van der Waals surface area contributed by atoms with E-state index in [0.717, 1.165) is 30.3 Å². The number of nitriles is 2. The molecule has 2 fully saturated rings. The van der Waals surface area contributed by atoms with Crippen LogP contribution in [0.25, 0.3) is 11.0 Å². The summed E-state index contributed by atoms with van der Waals surface area (Å²) in [6, 6.07) is 9.82. The van der Waals surface area contributed by atoms with E-state index in [2.05, 4.69) is 33.8 Å². The summed E-state index contributed by atoms with van der Waals surface area (Å²) in [5.41, 5.74) is 0.838. The quantitative estimate of drug-likeness (QED) is 0.482. The molecule has 2 atom stereocenters. The highest BCUT2D eigenvalue weighted by Gasteiger charge is 2.53. The Bertz CT molecular complexity index is 1410. The number of fused-ring (bicyclic) bond motifs is 1. The maximum Gasteiger partial charge on any atom is 0.417 e. The first-order valence-corrected chi connectivity index (χ1v) is 11.9. The third-order valence-electron chi connectivity index (χ3n) is 7.17. The van der Waals surface area contributed by atoms with Gasteiger partial charge in [0.2, 0.25) is 0 Å². The summed E-state index contributed by atoms with van der Waals surface area (Å²) in [6.45, 7) is 6.55. The zero-order chi connectivity index (χ0) is 25.0. The van der Waals surface area contributed by atoms with Crippen molar-refractivity contribution in [3.05, 3.63) is 40.8 Å². The smallest absolute Gasteiger partial charge is 0.417 e. The standard InChI is InChI=1S/C25H25ClN6O3/c1-23(2,12-28)20-19(26)21(35-30-20)32-14-25(34-22(32)33)8-4-7-24(3,11-25)13-31-15-29-17-6-5-16(10-27)9-18(17)31/h5-6,9,15H,4,7-8,11,13-14H2,1-3H3. The Hall–Kier alpha value is -3.56. The lowest BCUT2D eigenvalue weighted by atomic mass is 9.68. The first-order valence-electron chi connectivity index (χ1n) is 11.5. The van der Waals surface area contributed by atoms with Crippen LogP contribution in [0.15, 0.2) is 29.0 Å². The molecule has 2 unspecified atom stereocenters. The topological polar surface area (TPSA) is 121 Å². The van der Waals surface area contributed by atoms with Gasteiger partial charge in [0.25, 0.3) is 5.88 Å². The number of benzene rings is 1. The van der Waals surface area contributed by atoms with Crippen molar-refractivity contribution in [2.24, 2.45) is 5.41 Å². The van der Waals surface area contributed by atoms with Crippen molar-refractivity contribution in [1.82, 2.24) is 14.7 Å². The lowest BCUT2D eigenvalue weighted by molar-refractivity contribution is -0.0264. The molecule has 1 spiro atoms. The molecule has 0 bridgehead atoms. The van der Waals surface area contributed by atoms with Gasteiger partial charge in [-0.1, -0.05) is 23.7 Å². The average molecular weight is 493 g/mol. The largest absolute Gasteiger partial charge is 0.441 e. The molecule has 1 saturated heterocycles. The van der Waals surface area contributed by atoms with Gasteiger partial charge in [0.05, 0.1) is 47.0 Å². The molecule has 9 nitrogen and oxygen atoms in total. The van der Waals surface area contributed by atoms with Crippen LogP contribution < -0.4 is 4.90 Å². The second-order valence-electron chi connectivity index (χ2n) is 10.6. The fourth-order valence-electron chi connectivity index (χ4n) is 5.47. The molecule has 1 amide bonds. The minimum Gasteiger partial charge on any atom is -0.441 e. The molecule has 35 heavy (non-hydrogen) atoms. The number of rotatable bonds is 4. The van der Waals surface area contributed by atoms with E-state index in [0.29, 0.717) is 30.8 Å². The van der Waals surface area contributed by atoms with Gasteiger partial charge in [-0.15, -0.1) is 0 Å². The van der Waals surface area contributed by atoms with Gasteiger partial charge in [0, 0.05) is 6.54 Å². The first-order chi connectivity index (χ1) is 16.6. The molecule has 3 heterocycles. The van der Waals surface area contributed by atoms with Crippen LogP contribution >= 0.6 is 11.6 Å². The number of aromatic nitrogens is 3. The second-order valence-corrected chi connectivity index (χ2v) is 10.9. The second kappa shape index (κ2) is 8.00. The maximum atomic E-state index is 12.9. The fraction of sp³-hybridized carbons (Fsp3) is 0.480. The van der Waals surface area contributed by atoms with Gasteiger partial charge in [-0.2, -0.15) is 10.5 Å². The van der Waals surface area contributed by atoms with E-state index >= 15 is 0 Å². The Morgan fingerprint density at radius 1 is 1.29 bits per heavy atom. The van der Waals surface area contributed by atoms with E-state index in [1.54, 1.807) is 26.2 Å². The number of anilines is 1. The van der Waals surface area contributed by atoms with Crippen LogP contribution in [-0.2, 0) is 16.7 Å². The Kier molecular flexibility index (Phi) is 5.30. The van der Waals surface area contributed by atoms with E-state index < -0.39 is 17.1 Å². The zero-order valence-electron chi connectivity index (χ0n) is 19.8. The number of ether oxygens (including phenoxy) is 1. The van der Waals surface area contributed by atoms with Gasteiger partial charge in [0.1, 0.15) is 16.3 Å². The lowest BCUT2D eigenvalue weighted by Gasteiger charge is -2.43. The highest BCUT2D eigenvalue weighted by Crippen LogP contribution is 2.49. The predicted octanol–water partition coefficient (Wildman–Crippen LogP) is 5.33. The molecule has 180 valence electrons. The lowest BCUT2D eigenvalue weighted by Crippen LogP contribution is -2.45. The number of amides is 1. The number of imidazole rings is 1. The van der Waals surface area contributed by atoms with Gasteiger partial charge in [-0.25, -0.2) is 14.7 Å². The van der Waals surface area contributed by atoms with E-state index in [-0.39, 0.29) is 16.3 Å². The number of hydrogen-bond acceptors (Lipinski definition) is 7. The number of carbonyl (C=O) groups excluding carboxylic acids is 1. The molecule has 0 radical (unpaired) electrons. The maximum absolute atomic E-state index is 12.9. The van der Waals surface area contributed by atoms with Gasteiger partial charge < -0.3 is 13.8 Å². The highest BCUT2D eigenvalue weighted by molar-refractivity contribution is 6.34. The number of halogens is 1. The van der Waals surface area contributed by atoms with Crippen LogP contribution in [0.3, 0.4) is 0 Å². The van der Waals surface area contributed by atoms with Gasteiger partial charge in [0.15, 0.2) is 0 Å². The van der Waals surface area contributed by atoms with Crippen molar-refractivity contribution in [1.29, 1.82) is 10.5 Å². The summed E-state index contributed by atoms with van der Waals surface area (Å²) in [7, 11) is 0. The first kappa shape index (κ1) is 23.2. The number of carbonyl (C=O) groups is 1. The SMILES string of the molecule is CC1(Cn2cnc3ccc(C#N)cc32)CCCC2(CN(c3onc(C(C)(C)C#N)c3Cl)C(=O)O2)C1. The molecule has 5 rings (SSSR count). The molecule has 1 aliphatic carbocycles. The normalized spacial score (nSPS) is 24.5. The molecule has 3 aromatic rings. The number of nitrogens with zero attached hydrogens (tertiary/aromatic N) is 6. The Morgan fingerprint density at radius 3 is 2.83 bits per heavy atom. The summed E-state index contributed by atoms with van der Waals surface area (Å²) >= 11 is 6.50. The molecule has 2 aliphatic rings. The van der Waals surface area contributed by atoms with Crippen molar-refractivity contribution in [3.63, 3.8) is 0 Å². The van der Waals surface area contributed by atoms with Crippen LogP contribution in [0.5, 0.6) is 0 Å². The fourth-order valence-corrected chi connectivity index (χ4v) is 5.88. The molecular formula is C25H25ClN6O3. The molecule has 2 aromatic heterocycles. The van der Waals surface area contributed by atoms with Crippen molar-refractivity contribution in [2.75, 3.05) is 11.4 Å². The van der Waals surface area contributed by atoms with Crippen LogP contribution in [0.4, 0.5) is 10.7 Å². The average Bonchev–Trinajstić information content (AvgIpc) is 3.48. The van der Waals surface area contributed by atoms with Crippen molar-refractivity contribution in [2.45, 2.75) is 64.0 Å². The van der Waals surface area contributed by atoms with Crippen molar-refractivity contribution < 1.29 is 14.1 Å². The third kappa shape index (κ3) is 3.90. The van der Waals surface area contributed by atoms with Crippen LogP contribution in [0, 0.1) is 28.1 Å². The summed E-state index contributed by atoms with van der Waals surface area (Å²) < 4.78 is 13.5. The summed E-state index contributed by atoms with van der Waals surface area (Å²) in [5.74, 6) is 0.115. The third-order valence-corrected chi connectivity index (χ3v) is 7.51. The molecular weight excluding hydrogens is 468 g/mol. The van der Waals surface area contributed by atoms with Gasteiger partial charge >= 0.3 is 6.09 Å². The highest BCUT2D eigenvalue weighted by atomic mass is 35.5. The van der Waals surface area contributed by atoms with Crippen LogP contribution in [0.2, 0.25) is 5.02 Å². The molecule has 1 saturated carbocycles. The molecule has 1 aliphatic heterocycles. The van der Waals surface area contributed by atoms with E-state index in [9.17, 15) is 15.3 Å². The van der Waals surface area contributed by atoms with Gasteiger partial charge in [-0.05, 0) is 63.1 Å². The zero-order valence-corrected chi connectivity index (χ0v) is 20.6. The Balaban J connectivity index is 1.40. The summed E-state index contributed by atoms with van der Waals surface area (Å²) in [4.78, 5) is 18.8. The van der Waals surface area contributed by atoms with Gasteiger partial charge in [-0.3, -0.25) is 0 Å². The van der Waals surface area contributed by atoms with Crippen molar-refractivity contribution >= 4 is 34.6 Å². The molecule has 1 aromatic carbocycles. The monoisotopic (exact) mass is 492 g/mol. The van der Waals surface area contributed by atoms with E-state index in [1.807, 2.05) is 12.1 Å². The minimum atomic E-state index is -0.956. The summed E-state index contributed by atoms with van der Waals surface area (Å²) in [5, 5.41) is 22.9. The number of hydrogen-bond donors (Lipinski definition) is 0. The predicted molar refractivity (Wildman–Crippen MR) is 128 cm³/mol. The molecule has 10 heteroatoms. The minimum absolute atomic E-state index is 0.115. The van der Waals surface area contributed by atoms with Crippen LogP contribution in [0.1, 0.15) is 57.7 Å². The summed E-state index contributed by atoms with van der Waals surface area (Å²) in [6.07, 6.45) is 4.52. The Morgan fingerprint density at radius 2 is 2.09 bits per heavy atom. The molecule has 0 N–H and O–H groups in total. The van der Waals surface area contributed by atoms with Crippen LogP contribution in [-0.4, -0.2) is 32.9 Å². The van der Waals surface area contributed by atoms with Crippen molar-refractivity contribution in [3.8, 4) is 12.1 Å². The van der Waals surface area contributed by atoms with E-state index in [4.69, 9.17) is 20.9 Å². The van der Waals surface area contributed by atoms with E-state index in [1.165, 1.54) is 4.90 Å².